The Hall–Kier alpha value is -3.55. The van der Waals surface area contributed by atoms with Crippen LogP contribution in [0.15, 0.2) is 97.1 Å². The molecule has 0 amide bonds. The van der Waals surface area contributed by atoms with Crippen LogP contribution in [0.4, 0.5) is 0 Å². The van der Waals surface area contributed by atoms with Gasteiger partial charge in [0.25, 0.3) is 0 Å². The highest BCUT2D eigenvalue weighted by atomic mass is 31.2. The van der Waals surface area contributed by atoms with E-state index >= 15 is 0 Å². The van der Waals surface area contributed by atoms with Crippen LogP contribution in [0, 0.1) is 6.92 Å². The summed E-state index contributed by atoms with van der Waals surface area (Å²) in [4.78, 5) is 0. The summed E-state index contributed by atoms with van der Waals surface area (Å²) in [5.41, 5.74) is 3.39. The van der Waals surface area contributed by atoms with E-state index in [4.69, 9.17) is 13.6 Å². The number of hydrogen-bond acceptors (Lipinski definition) is 3. The molecule has 0 aliphatic carbocycles. The average molecular weight is 537 g/mol. The summed E-state index contributed by atoms with van der Waals surface area (Å²) in [6.45, 7) is 15.4. The van der Waals surface area contributed by atoms with E-state index in [9.17, 15) is 0 Å². The first kappa shape index (κ1) is 27.0. The van der Waals surface area contributed by atoms with E-state index in [1.807, 2.05) is 55.5 Å². The van der Waals surface area contributed by atoms with Crippen molar-refractivity contribution in [2.75, 3.05) is 0 Å². The van der Waals surface area contributed by atoms with Crippen LogP contribution < -0.4 is 13.6 Å². The Balaban J connectivity index is 1.56. The van der Waals surface area contributed by atoms with Gasteiger partial charge in [-0.25, -0.2) is 0 Å². The first-order chi connectivity index (χ1) is 18.5. The van der Waals surface area contributed by atoms with E-state index in [1.165, 1.54) is 10.9 Å². The van der Waals surface area contributed by atoms with Gasteiger partial charge in [-0.05, 0) is 80.8 Å². The Bertz CT molecular complexity index is 1630. The van der Waals surface area contributed by atoms with Crippen molar-refractivity contribution in [3.05, 3.63) is 114 Å². The minimum atomic E-state index is -1.80. The number of fused-ring (bicyclic) bond motifs is 2. The number of hydrogen-bond donors (Lipinski definition) is 0. The molecule has 5 rings (SSSR count). The van der Waals surface area contributed by atoms with Crippen molar-refractivity contribution in [3.63, 3.8) is 0 Å². The molecule has 200 valence electrons. The summed E-state index contributed by atoms with van der Waals surface area (Å²) < 4.78 is 19.6. The fourth-order valence-corrected chi connectivity index (χ4v) is 5.67. The smallest absolute Gasteiger partial charge is 0.408 e. The van der Waals surface area contributed by atoms with Crippen molar-refractivity contribution in [2.45, 2.75) is 59.3 Å². The van der Waals surface area contributed by atoms with Crippen LogP contribution in [0.1, 0.15) is 58.2 Å². The topological polar surface area (TPSA) is 27.7 Å². The van der Waals surface area contributed by atoms with Gasteiger partial charge in [-0.1, -0.05) is 108 Å². The Morgan fingerprint density at radius 3 is 1.87 bits per heavy atom. The van der Waals surface area contributed by atoms with Gasteiger partial charge in [0.1, 0.15) is 17.2 Å². The second-order valence-electron chi connectivity index (χ2n) is 12.2. The molecule has 1 unspecified atom stereocenters. The van der Waals surface area contributed by atoms with Crippen LogP contribution in [-0.2, 0) is 10.8 Å². The fraction of sp³-hybridized carbons (Fsp3) is 0.257. The van der Waals surface area contributed by atoms with E-state index in [0.717, 1.165) is 38.8 Å². The van der Waals surface area contributed by atoms with Crippen molar-refractivity contribution in [3.8, 4) is 17.2 Å². The summed E-state index contributed by atoms with van der Waals surface area (Å²) in [5.74, 6) is 2.23. The molecule has 0 N–H and O–H groups in total. The largest absolute Gasteiger partial charge is 0.530 e. The number of benzene rings is 5. The summed E-state index contributed by atoms with van der Waals surface area (Å²) in [6.07, 6.45) is 0. The standard InChI is InChI=1S/C35H37O3P/c1-24-12-8-11-15-32(24)37-39(36-30-19-17-25-13-9-10-14-26(25)21-30)38-33-23-27-16-18-29(34(2,3)4)20-28(27)22-31(33)35(5,6)7/h8-23H,1-7H3. The molecule has 0 aliphatic heterocycles. The monoisotopic (exact) mass is 536 g/mol. The third-order valence-electron chi connectivity index (χ3n) is 6.95. The summed E-state index contributed by atoms with van der Waals surface area (Å²) in [6, 6.07) is 33.4. The van der Waals surface area contributed by atoms with Crippen LogP contribution in [0.25, 0.3) is 21.5 Å². The summed E-state index contributed by atoms with van der Waals surface area (Å²) in [7, 11) is -1.80. The first-order valence-corrected chi connectivity index (χ1v) is 14.5. The summed E-state index contributed by atoms with van der Waals surface area (Å²) in [5, 5.41) is 4.60. The third kappa shape index (κ3) is 6.21. The predicted octanol–water partition coefficient (Wildman–Crippen LogP) is 10.7. The lowest BCUT2D eigenvalue weighted by Gasteiger charge is -2.26. The zero-order valence-corrected chi connectivity index (χ0v) is 24.8. The molecular weight excluding hydrogens is 499 g/mol. The molecule has 5 aromatic rings. The second-order valence-corrected chi connectivity index (χ2v) is 13.2. The van der Waals surface area contributed by atoms with E-state index in [-0.39, 0.29) is 10.8 Å². The van der Waals surface area contributed by atoms with Gasteiger partial charge in [-0.3, -0.25) is 0 Å². The Morgan fingerprint density at radius 1 is 0.513 bits per heavy atom. The minimum Gasteiger partial charge on any atom is -0.408 e. The highest BCUT2D eigenvalue weighted by Gasteiger charge is 2.27. The maximum absolute atomic E-state index is 6.67. The van der Waals surface area contributed by atoms with E-state index in [0.29, 0.717) is 5.75 Å². The van der Waals surface area contributed by atoms with Gasteiger partial charge in [-0.2, -0.15) is 0 Å². The molecular formula is C35H37O3P. The van der Waals surface area contributed by atoms with Crippen LogP contribution in [0.5, 0.6) is 17.2 Å². The van der Waals surface area contributed by atoms with Gasteiger partial charge in [0, 0.05) is 5.56 Å². The van der Waals surface area contributed by atoms with Gasteiger partial charge in [0.15, 0.2) is 0 Å². The molecule has 5 aromatic carbocycles. The van der Waals surface area contributed by atoms with Gasteiger partial charge < -0.3 is 13.6 Å². The van der Waals surface area contributed by atoms with Crippen molar-refractivity contribution in [1.82, 2.24) is 0 Å². The quantitative estimate of drug-likeness (QED) is 0.202. The zero-order valence-electron chi connectivity index (χ0n) is 23.9. The number of para-hydroxylation sites is 1. The van der Waals surface area contributed by atoms with Crippen molar-refractivity contribution >= 4 is 30.1 Å². The first-order valence-electron chi connectivity index (χ1n) is 13.4. The lowest BCUT2D eigenvalue weighted by molar-refractivity contribution is 0.382. The molecule has 3 nitrogen and oxygen atoms in total. The molecule has 0 spiro atoms. The molecule has 0 radical (unpaired) electrons. The molecule has 1 atom stereocenters. The highest BCUT2D eigenvalue weighted by Crippen LogP contribution is 2.47. The normalized spacial score (nSPS) is 12.9. The third-order valence-corrected chi connectivity index (χ3v) is 8.00. The van der Waals surface area contributed by atoms with Crippen molar-refractivity contribution < 1.29 is 13.6 Å². The Labute approximate surface area is 233 Å². The number of aryl methyl sites for hydroxylation is 1. The summed E-state index contributed by atoms with van der Waals surface area (Å²) >= 11 is 0. The maximum Gasteiger partial charge on any atom is 0.530 e. The van der Waals surface area contributed by atoms with Crippen LogP contribution in [0.3, 0.4) is 0 Å². The SMILES string of the molecule is Cc1ccccc1OP(Oc1ccc2ccccc2c1)Oc1cc2ccc(C(C)(C)C)cc2cc1C(C)(C)C. The van der Waals surface area contributed by atoms with Crippen molar-refractivity contribution in [1.29, 1.82) is 0 Å². The van der Waals surface area contributed by atoms with Gasteiger partial charge in [0.05, 0.1) is 0 Å². The molecule has 0 bridgehead atoms. The second kappa shape index (κ2) is 10.5. The van der Waals surface area contributed by atoms with E-state index in [2.05, 4.69) is 90.1 Å². The molecule has 0 heterocycles. The highest BCUT2D eigenvalue weighted by molar-refractivity contribution is 7.43. The lowest BCUT2D eigenvalue weighted by Crippen LogP contribution is -2.14. The van der Waals surface area contributed by atoms with Crippen LogP contribution in [-0.4, -0.2) is 0 Å². The Morgan fingerprint density at radius 2 is 1.15 bits per heavy atom. The molecule has 4 heteroatoms. The molecule has 0 aromatic heterocycles. The molecule has 0 fully saturated rings. The minimum absolute atomic E-state index is 0.0780. The molecule has 39 heavy (non-hydrogen) atoms. The average Bonchev–Trinajstić information content (AvgIpc) is 2.88. The van der Waals surface area contributed by atoms with Gasteiger partial charge >= 0.3 is 8.60 Å². The van der Waals surface area contributed by atoms with Gasteiger partial charge in [0.2, 0.25) is 0 Å². The fourth-order valence-electron chi connectivity index (χ4n) is 4.59. The van der Waals surface area contributed by atoms with Crippen molar-refractivity contribution in [2.24, 2.45) is 0 Å². The number of rotatable bonds is 6. The lowest BCUT2D eigenvalue weighted by atomic mass is 9.83. The molecule has 0 aliphatic rings. The van der Waals surface area contributed by atoms with Crippen LogP contribution >= 0.6 is 8.60 Å². The molecule has 0 saturated carbocycles. The molecule has 0 saturated heterocycles. The van der Waals surface area contributed by atoms with Crippen LogP contribution in [0.2, 0.25) is 0 Å². The van der Waals surface area contributed by atoms with E-state index < -0.39 is 8.60 Å². The van der Waals surface area contributed by atoms with E-state index in [1.54, 1.807) is 0 Å². The Kier molecular flexibility index (Phi) is 7.31. The maximum atomic E-state index is 6.67. The zero-order chi connectivity index (χ0) is 27.8. The van der Waals surface area contributed by atoms with Gasteiger partial charge in [-0.15, -0.1) is 0 Å². The predicted molar refractivity (Wildman–Crippen MR) is 165 cm³/mol.